The highest BCUT2D eigenvalue weighted by Gasteiger charge is 2.46. The van der Waals surface area contributed by atoms with Crippen molar-refractivity contribution in [2.24, 2.45) is 0 Å². The molecule has 2 aliphatic rings. The van der Waals surface area contributed by atoms with Crippen molar-refractivity contribution in [2.75, 3.05) is 0 Å². The molecule has 104 valence electrons. The van der Waals surface area contributed by atoms with Gasteiger partial charge in [-0.1, -0.05) is 6.07 Å². The fraction of sp³-hybridized carbons (Fsp3) is 0.385. The summed E-state index contributed by atoms with van der Waals surface area (Å²) >= 11 is 0. The Morgan fingerprint density at radius 2 is 1.85 bits per heavy atom. The minimum atomic E-state index is -0.870. The third-order valence-electron chi connectivity index (χ3n) is 4.06. The van der Waals surface area contributed by atoms with E-state index in [1.54, 1.807) is 12.1 Å². The molecule has 0 radical (unpaired) electrons. The number of hydrogen-bond acceptors (Lipinski definition) is 4. The Bertz CT molecular complexity index is 628. The van der Waals surface area contributed by atoms with E-state index in [1.165, 1.54) is 6.07 Å². The summed E-state index contributed by atoms with van der Waals surface area (Å²) in [4.78, 5) is 33.6. The van der Waals surface area contributed by atoms with Crippen molar-refractivity contribution >= 4 is 17.6 Å². The molecular weight excluding hydrogens is 262 g/mol. The van der Waals surface area contributed by atoms with Crippen LogP contribution in [0.1, 0.15) is 24.0 Å². The van der Waals surface area contributed by atoms with Crippen molar-refractivity contribution < 1.29 is 14.5 Å². The first kappa shape index (κ1) is 12.6. The minimum absolute atomic E-state index is 0.0552. The lowest BCUT2D eigenvalue weighted by molar-refractivity contribution is -0.384. The van der Waals surface area contributed by atoms with Gasteiger partial charge in [0.1, 0.15) is 5.54 Å². The lowest BCUT2D eigenvalue weighted by Crippen LogP contribution is -2.46. The number of urea groups is 1. The molecule has 7 heteroatoms. The van der Waals surface area contributed by atoms with E-state index >= 15 is 0 Å². The highest BCUT2D eigenvalue weighted by molar-refractivity contribution is 6.07. The summed E-state index contributed by atoms with van der Waals surface area (Å²) in [6, 6.07) is 4.31. The molecule has 1 unspecified atom stereocenters. The van der Waals surface area contributed by atoms with Gasteiger partial charge in [0.25, 0.3) is 11.6 Å². The second kappa shape index (κ2) is 4.29. The van der Waals surface area contributed by atoms with Gasteiger partial charge in [-0.3, -0.25) is 20.2 Å². The average molecular weight is 275 g/mol. The van der Waals surface area contributed by atoms with Crippen LogP contribution in [0.5, 0.6) is 0 Å². The molecule has 3 rings (SSSR count). The maximum Gasteiger partial charge on any atom is 0.322 e. The van der Waals surface area contributed by atoms with E-state index in [-0.39, 0.29) is 11.6 Å². The molecule has 1 heterocycles. The predicted molar refractivity (Wildman–Crippen MR) is 69.1 cm³/mol. The van der Waals surface area contributed by atoms with Gasteiger partial charge in [-0.25, -0.2) is 4.79 Å². The SMILES string of the molecule is O=C1NC(=O)C2(CCc3ccc([N+](=O)[O-])cc3CC2)N1. The first-order chi connectivity index (χ1) is 9.50. The van der Waals surface area contributed by atoms with Crippen molar-refractivity contribution in [3.05, 3.63) is 39.4 Å². The summed E-state index contributed by atoms with van der Waals surface area (Å²) in [5.74, 6) is -0.301. The van der Waals surface area contributed by atoms with E-state index in [0.717, 1.165) is 11.1 Å². The number of fused-ring (bicyclic) bond motifs is 1. The number of benzene rings is 1. The Morgan fingerprint density at radius 1 is 1.15 bits per heavy atom. The van der Waals surface area contributed by atoms with E-state index in [4.69, 9.17) is 0 Å². The van der Waals surface area contributed by atoms with Crippen LogP contribution in [0.2, 0.25) is 0 Å². The standard InChI is InChI=1S/C13H13N3O4/c17-11-13(15-12(18)14-11)5-3-8-1-2-10(16(19)20)7-9(8)4-6-13/h1-2,7H,3-6H2,(H2,14,15,17,18). The second-order valence-corrected chi connectivity index (χ2v) is 5.20. The third-order valence-corrected chi connectivity index (χ3v) is 4.06. The van der Waals surface area contributed by atoms with Crippen LogP contribution in [0, 0.1) is 10.1 Å². The Kier molecular flexibility index (Phi) is 2.70. The number of aryl methyl sites for hydroxylation is 2. The number of nitro benzene ring substituents is 1. The fourth-order valence-corrected chi connectivity index (χ4v) is 2.90. The van der Waals surface area contributed by atoms with E-state index in [1.807, 2.05) is 0 Å². The number of nitro groups is 1. The number of carbonyl (C=O) groups excluding carboxylic acids is 2. The predicted octanol–water partition coefficient (Wildman–Crippen LogP) is 1.05. The topological polar surface area (TPSA) is 101 Å². The first-order valence-corrected chi connectivity index (χ1v) is 6.40. The van der Waals surface area contributed by atoms with Gasteiger partial charge in [-0.05, 0) is 36.8 Å². The Hall–Kier alpha value is -2.44. The zero-order valence-electron chi connectivity index (χ0n) is 10.6. The lowest BCUT2D eigenvalue weighted by Gasteiger charge is -2.23. The van der Waals surface area contributed by atoms with Crippen LogP contribution in [0.3, 0.4) is 0 Å². The third kappa shape index (κ3) is 1.91. The summed E-state index contributed by atoms with van der Waals surface area (Å²) in [5, 5.41) is 15.8. The van der Waals surface area contributed by atoms with Gasteiger partial charge in [-0.15, -0.1) is 0 Å². The van der Waals surface area contributed by atoms with Crippen LogP contribution < -0.4 is 10.6 Å². The second-order valence-electron chi connectivity index (χ2n) is 5.20. The molecule has 1 spiro atoms. The quantitative estimate of drug-likeness (QED) is 0.454. The number of imide groups is 1. The van der Waals surface area contributed by atoms with Crippen molar-refractivity contribution in [3.63, 3.8) is 0 Å². The van der Waals surface area contributed by atoms with Crippen molar-refractivity contribution in [1.29, 1.82) is 0 Å². The van der Waals surface area contributed by atoms with Gasteiger partial charge in [0.2, 0.25) is 0 Å². The van der Waals surface area contributed by atoms with Crippen LogP contribution in [0.25, 0.3) is 0 Å². The largest absolute Gasteiger partial charge is 0.323 e. The first-order valence-electron chi connectivity index (χ1n) is 6.40. The average Bonchev–Trinajstić information content (AvgIpc) is 2.58. The molecule has 1 aromatic carbocycles. The van der Waals surface area contributed by atoms with E-state index in [0.29, 0.717) is 25.7 Å². The number of rotatable bonds is 1. The van der Waals surface area contributed by atoms with Gasteiger partial charge in [-0.2, -0.15) is 0 Å². The number of carbonyl (C=O) groups is 2. The summed E-state index contributed by atoms with van der Waals surface area (Å²) in [7, 11) is 0. The van der Waals surface area contributed by atoms with Gasteiger partial charge < -0.3 is 5.32 Å². The summed E-state index contributed by atoms with van der Waals surface area (Å²) in [5.41, 5.74) is 1.07. The van der Waals surface area contributed by atoms with E-state index < -0.39 is 16.5 Å². The lowest BCUT2D eigenvalue weighted by atomic mass is 9.90. The van der Waals surface area contributed by atoms with Crippen molar-refractivity contribution in [3.8, 4) is 0 Å². The molecular formula is C13H13N3O4. The van der Waals surface area contributed by atoms with E-state index in [9.17, 15) is 19.7 Å². The van der Waals surface area contributed by atoms with Crippen LogP contribution in [-0.4, -0.2) is 22.4 Å². The molecule has 7 nitrogen and oxygen atoms in total. The van der Waals surface area contributed by atoms with Crippen LogP contribution >= 0.6 is 0 Å². The van der Waals surface area contributed by atoms with E-state index in [2.05, 4.69) is 10.6 Å². The molecule has 2 N–H and O–H groups in total. The molecule has 20 heavy (non-hydrogen) atoms. The fourth-order valence-electron chi connectivity index (χ4n) is 2.90. The zero-order chi connectivity index (χ0) is 14.3. The smallest absolute Gasteiger partial charge is 0.322 e. The molecule has 1 atom stereocenters. The molecule has 0 aromatic heterocycles. The molecule has 1 aliphatic heterocycles. The summed E-state index contributed by atoms with van der Waals surface area (Å²) in [6.07, 6.45) is 2.11. The maximum absolute atomic E-state index is 11.9. The molecule has 1 fully saturated rings. The van der Waals surface area contributed by atoms with Gasteiger partial charge >= 0.3 is 6.03 Å². The Labute approximate surface area is 114 Å². The van der Waals surface area contributed by atoms with Crippen LogP contribution in [0.15, 0.2) is 18.2 Å². The molecule has 1 aromatic rings. The molecule has 0 bridgehead atoms. The van der Waals surface area contributed by atoms with Gasteiger partial charge in [0.15, 0.2) is 0 Å². The van der Waals surface area contributed by atoms with Crippen molar-refractivity contribution in [1.82, 2.24) is 10.6 Å². The Balaban J connectivity index is 1.90. The van der Waals surface area contributed by atoms with Crippen LogP contribution in [0.4, 0.5) is 10.5 Å². The zero-order valence-corrected chi connectivity index (χ0v) is 10.6. The maximum atomic E-state index is 11.9. The molecule has 3 amide bonds. The normalized spacial score (nSPS) is 24.8. The summed E-state index contributed by atoms with van der Waals surface area (Å²) < 4.78 is 0. The molecule has 0 saturated carbocycles. The number of amides is 3. The van der Waals surface area contributed by atoms with Crippen molar-refractivity contribution in [2.45, 2.75) is 31.2 Å². The minimum Gasteiger partial charge on any atom is -0.323 e. The number of nitrogens with one attached hydrogen (secondary N) is 2. The number of nitrogens with zero attached hydrogens (tertiary/aromatic N) is 1. The monoisotopic (exact) mass is 275 g/mol. The van der Waals surface area contributed by atoms with Gasteiger partial charge in [0, 0.05) is 12.1 Å². The highest BCUT2D eigenvalue weighted by atomic mass is 16.6. The molecule has 1 saturated heterocycles. The number of hydrogen-bond donors (Lipinski definition) is 2. The highest BCUT2D eigenvalue weighted by Crippen LogP contribution is 2.31. The Morgan fingerprint density at radius 3 is 2.45 bits per heavy atom. The molecule has 1 aliphatic carbocycles. The number of non-ortho nitro benzene ring substituents is 1. The van der Waals surface area contributed by atoms with Gasteiger partial charge in [0.05, 0.1) is 4.92 Å². The van der Waals surface area contributed by atoms with Crippen LogP contribution in [-0.2, 0) is 17.6 Å². The summed E-state index contributed by atoms with van der Waals surface area (Å²) in [6.45, 7) is 0.